The molecule has 114 valence electrons. The van der Waals surface area contributed by atoms with Crippen LogP contribution in [0, 0.1) is 0 Å². The molecular weight excluding hydrogens is 304 g/mol. The van der Waals surface area contributed by atoms with Gasteiger partial charge < -0.3 is 10.4 Å². The summed E-state index contributed by atoms with van der Waals surface area (Å²) in [5.74, 6) is -0.167. The third-order valence-corrected chi connectivity index (χ3v) is 3.73. The fourth-order valence-corrected chi connectivity index (χ4v) is 2.57. The van der Waals surface area contributed by atoms with Gasteiger partial charge >= 0.3 is 0 Å². The standard InChI is InChI=1S/C15H15ClN4O2/c16-10-4-1-3-9(7-10)11-8-12(20-19-11)15(22)18-14-13(21)5-2-6-17-14/h1-7,11-12,19-21H,8H2,(H,17,18,22). The number of anilines is 1. The van der Waals surface area contributed by atoms with Crippen molar-refractivity contribution in [2.75, 3.05) is 5.32 Å². The fraction of sp³-hybridized carbons (Fsp3) is 0.200. The smallest absolute Gasteiger partial charge is 0.244 e. The number of carbonyl (C=O) groups is 1. The van der Waals surface area contributed by atoms with Crippen molar-refractivity contribution < 1.29 is 9.90 Å². The highest BCUT2D eigenvalue weighted by molar-refractivity contribution is 6.30. The van der Waals surface area contributed by atoms with Crippen molar-refractivity contribution in [3.05, 3.63) is 53.2 Å². The zero-order valence-electron chi connectivity index (χ0n) is 11.6. The molecule has 1 aromatic carbocycles. The van der Waals surface area contributed by atoms with Crippen LogP contribution in [0.3, 0.4) is 0 Å². The van der Waals surface area contributed by atoms with Gasteiger partial charge in [-0.3, -0.25) is 4.79 Å². The molecule has 1 aromatic heterocycles. The van der Waals surface area contributed by atoms with Crippen LogP contribution in [0.4, 0.5) is 5.82 Å². The Kier molecular flexibility index (Phi) is 4.24. The fourth-order valence-electron chi connectivity index (χ4n) is 2.37. The summed E-state index contributed by atoms with van der Waals surface area (Å²) in [5, 5.41) is 12.9. The second kappa shape index (κ2) is 6.31. The second-order valence-electron chi connectivity index (χ2n) is 5.04. The van der Waals surface area contributed by atoms with Gasteiger partial charge in [-0.25, -0.2) is 15.8 Å². The number of pyridine rings is 1. The minimum atomic E-state index is -0.426. The first kappa shape index (κ1) is 14.8. The van der Waals surface area contributed by atoms with E-state index in [1.54, 1.807) is 6.07 Å². The molecule has 6 nitrogen and oxygen atoms in total. The van der Waals surface area contributed by atoms with Crippen LogP contribution in [0.1, 0.15) is 18.0 Å². The van der Waals surface area contributed by atoms with Crippen LogP contribution in [0.5, 0.6) is 5.75 Å². The van der Waals surface area contributed by atoms with Gasteiger partial charge in [-0.1, -0.05) is 23.7 Å². The summed E-state index contributed by atoms with van der Waals surface area (Å²) in [5.41, 5.74) is 7.04. The molecule has 0 radical (unpaired) electrons. The van der Waals surface area contributed by atoms with Crippen molar-refractivity contribution in [2.45, 2.75) is 18.5 Å². The number of benzene rings is 1. The highest BCUT2D eigenvalue weighted by atomic mass is 35.5. The summed E-state index contributed by atoms with van der Waals surface area (Å²) in [7, 11) is 0. The highest BCUT2D eigenvalue weighted by Gasteiger charge is 2.30. The van der Waals surface area contributed by atoms with Crippen LogP contribution >= 0.6 is 11.6 Å². The van der Waals surface area contributed by atoms with E-state index >= 15 is 0 Å². The topological polar surface area (TPSA) is 86.3 Å². The van der Waals surface area contributed by atoms with Crippen molar-refractivity contribution >= 4 is 23.3 Å². The Morgan fingerprint density at radius 2 is 2.18 bits per heavy atom. The molecule has 0 spiro atoms. The lowest BCUT2D eigenvalue weighted by Gasteiger charge is -2.11. The molecule has 3 rings (SSSR count). The molecule has 2 unspecified atom stereocenters. The lowest BCUT2D eigenvalue weighted by molar-refractivity contribution is -0.117. The number of nitrogens with one attached hydrogen (secondary N) is 3. The first-order valence-electron chi connectivity index (χ1n) is 6.85. The molecule has 7 heteroatoms. The quantitative estimate of drug-likeness (QED) is 0.695. The maximum absolute atomic E-state index is 12.2. The SMILES string of the molecule is O=C(Nc1ncccc1O)C1CC(c2cccc(Cl)c2)NN1. The van der Waals surface area contributed by atoms with Crippen molar-refractivity contribution in [1.82, 2.24) is 15.8 Å². The van der Waals surface area contributed by atoms with E-state index in [9.17, 15) is 9.90 Å². The van der Waals surface area contributed by atoms with Crippen LogP contribution in [0.25, 0.3) is 0 Å². The summed E-state index contributed by atoms with van der Waals surface area (Å²) >= 11 is 5.98. The van der Waals surface area contributed by atoms with Crippen molar-refractivity contribution in [3.63, 3.8) is 0 Å². The zero-order valence-corrected chi connectivity index (χ0v) is 12.3. The number of nitrogens with zero attached hydrogens (tertiary/aromatic N) is 1. The number of hydrogen-bond donors (Lipinski definition) is 4. The van der Waals surface area contributed by atoms with E-state index in [-0.39, 0.29) is 23.5 Å². The summed E-state index contributed by atoms with van der Waals surface area (Å²) in [4.78, 5) is 16.2. The van der Waals surface area contributed by atoms with Crippen molar-refractivity contribution in [1.29, 1.82) is 0 Å². The summed E-state index contributed by atoms with van der Waals surface area (Å²) < 4.78 is 0. The Morgan fingerprint density at radius 1 is 1.32 bits per heavy atom. The summed E-state index contributed by atoms with van der Waals surface area (Å²) in [6.07, 6.45) is 2.07. The predicted octanol–water partition coefficient (Wildman–Crippen LogP) is 1.99. The van der Waals surface area contributed by atoms with Gasteiger partial charge in [0.15, 0.2) is 11.6 Å². The number of amides is 1. The Morgan fingerprint density at radius 3 is 2.95 bits per heavy atom. The Hall–Kier alpha value is -2.15. The third kappa shape index (κ3) is 3.19. The Labute approximate surface area is 132 Å². The maximum atomic E-state index is 12.2. The number of rotatable bonds is 3. The molecule has 0 bridgehead atoms. The van der Waals surface area contributed by atoms with Crippen LogP contribution in [0.2, 0.25) is 5.02 Å². The van der Waals surface area contributed by atoms with E-state index < -0.39 is 6.04 Å². The van der Waals surface area contributed by atoms with E-state index in [0.717, 1.165) is 5.56 Å². The lowest BCUT2D eigenvalue weighted by Crippen LogP contribution is -2.39. The largest absolute Gasteiger partial charge is 0.504 e. The van der Waals surface area contributed by atoms with Crippen LogP contribution in [0.15, 0.2) is 42.6 Å². The van der Waals surface area contributed by atoms with Crippen LogP contribution in [-0.2, 0) is 4.79 Å². The van der Waals surface area contributed by atoms with E-state index in [1.165, 1.54) is 12.3 Å². The predicted molar refractivity (Wildman–Crippen MR) is 83.4 cm³/mol. The first-order valence-corrected chi connectivity index (χ1v) is 7.22. The van der Waals surface area contributed by atoms with Gasteiger partial charge in [0.05, 0.1) is 0 Å². The monoisotopic (exact) mass is 318 g/mol. The molecule has 0 saturated carbocycles. The summed E-state index contributed by atoms with van der Waals surface area (Å²) in [6.45, 7) is 0. The normalized spacial score (nSPS) is 20.8. The molecular formula is C15H15ClN4O2. The average molecular weight is 319 g/mol. The van der Waals surface area contributed by atoms with Gasteiger partial charge in [0.25, 0.3) is 0 Å². The minimum Gasteiger partial charge on any atom is -0.504 e. The van der Waals surface area contributed by atoms with Gasteiger partial charge in [0, 0.05) is 17.3 Å². The van der Waals surface area contributed by atoms with Crippen LogP contribution < -0.4 is 16.2 Å². The zero-order chi connectivity index (χ0) is 15.5. The Balaban J connectivity index is 1.65. The van der Waals surface area contributed by atoms with Crippen molar-refractivity contribution in [3.8, 4) is 5.75 Å². The van der Waals surface area contributed by atoms with Gasteiger partial charge in [-0.15, -0.1) is 0 Å². The number of halogens is 1. The van der Waals surface area contributed by atoms with Gasteiger partial charge in [-0.05, 0) is 36.2 Å². The number of carbonyl (C=O) groups excluding carboxylic acids is 1. The maximum Gasteiger partial charge on any atom is 0.244 e. The molecule has 0 aliphatic carbocycles. The van der Waals surface area contributed by atoms with Gasteiger partial charge in [0.1, 0.15) is 6.04 Å². The number of aromatic nitrogens is 1. The molecule has 4 N–H and O–H groups in total. The number of hydrogen-bond acceptors (Lipinski definition) is 5. The molecule has 1 aliphatic heterocycles. The number of aromatic hydroxyl groups is 1. The third-order valence-electron chi connectivity index (χ3n) is 3.50. The minimum absolute atomic E-state index is 0.00761. The molecule has 2 aromatic rings. The van der Waals surface area contributed by atoms with E-state index in [0.29, 0.717) is 11.4 Å². The molecule has 2 atom stereocenters. The van der Waals surface area contributed by atoms with Gasteiger partial charge in [-0.2, -0.15) is 0 Å². The molecule has 22 heavy (non-hydrogen) atoms. The molecule has 2 heterocycles. The van der Waals surface area contributed by atoms with E-state index in [4.69, 9.17) is 11.6 Å². The van der Waals surface area contributed by atoms with Crippen LogP contribution in [-0.4, -0.2) is 22.0 Å². The molecule has 1 saturated heterocycles. The molecule has 1 fully saturated rings. The average Bonchev–Trinajstić information content (AvgIpc) is 2.99. The molecule has 1 aliphatic rings. The lowest BCUT2D eigenvalue weighted by atomic mass is 10.0. The molecule has 1 amide bonds. The van der Waals surface area contributed by atoms with Gasteiger partial charge in [0.2, 0.25) is 5.91 Å². The number of hydrazine groups is 1. The van der Waals surface area contributed by atoms with E-state index in [1.807, 2.05) is 24.3 Å². The Bertz CT molecular complexity index is 695. The van der Waals surface area contributed by atoms with E-state index in [2.05, 4.69) is 21.2 Å². The van der Waals surface area contributed by atoms with Crippen molar-refractivity contribution in [2.24, 2.45) is 0 Å². The highest BCUT2D eigenvalue weighted by Crippen LogP contribution is 2.25. The summed E-state index contributed by atoms with van der Waals surface area (Å²) in [6, 6.07) is 10.1. The first-order chi connectivity index (χ1) is 10.6. The second-order valence-corrected chi connectivity index (χ2v) is 5.48.